The van der Waals surface area contributed by atoms with E-state index in [1.54, 1.807) is 31.2 Å². The molecule has 0 fully saturated rings. The quantitative estimate of drug-likeness (QED) is 0.782. The summed E-state index contributed by atoms with van der Waals surface area (Å²) >= 11 is 0. The summed E-state index contributed by atoms with van der Waals surface area (Å²) in [6.45, 7) is 5.22. The van der Waals surface area contributed by atoms with Gasteiger partial charge in [0.05, 0.1) is 4.90 Å². The van der Waals surface area contributed by atoms with Gasteiger partial charge in [-0.15, -0.1) is 0 Å². The van der Waals surface area contributed by atoms with Crippen molar-refractivity contribution >= 4 is 15.9 Å². The molecule has 3 N–H and O–H groups in total. The molecule has 0 atom stereocenters. The Morgan fingerprint density at radius 2 is 1.90 bits per heavy atom. The molecule has 0 saturated heterocycles. The zero-order valence-corrected chi connectivity index (χ0v) is 11.9. The van der Waals surface area contributed by atoms with Gasteiger partial charge in [-0.25, -0.2) is 8.42 Å². The molecule has 0 radical (unpaired) electrons. The Morgan fingerprint density at radius 3 is 2.35 bits per heavy atom. The first-order valence-corrected chi connectivity index (χ1v) is 7.27. The highest BCUT2D eigenvalue weighted by Crippen LogP contribution is 2.12. The average Bonchev–Trinajstić information content (AvgIpc) is 2.43. The monoisotopic (exact) mass is 292 g/mol. The lowest BCUT2D eigenvalue weighted by molar-refractivity contribution is 0.1000. The molecule has 6 heteroatoms. The van der Waals surface area contributed by atoms with E-state index in [0.29, 0.717) is 5.70 Å². The molecule has 1 amide bonds. The van der Waals surface area contributed by atoms with E-state index < -0.39 is 15.9 Å². The van der Waals surface area contributed by atoms with Crippen LogP contribution in [0.2, 0.25) is 0 Å². The van der Waals surface area contributed by atoms with Crippen LogP contribution in [0.5, 0.6) is 0 Å². The van der Waals surface area contributed by atoms with Crippen LogP contribution < -0.4 is 10.5 Å². The summed E-state index contributed by atoms with van der Waals surface area (Å²) in [4.78, 5) is 11.0. The van der Waals surface area contributed by atoms with Crippen LogP contribution >= 0.6 is 0 Å². The number of amides is 1. The van der Waals surface area contributed by atoms with Crippen LogP contribution in [0.1, 0.15) is 17.3 Å². The molecule has 0 aliphatic carbocycles. The maximum Gasteiger partial charge on any atom is 0.261 e. The number of benzene rings is 1. The van der Waals surface area contributed by atoms with E-state index in [4.69, 9.17) is 5.73 Å². The Labute approximate surface area is 118 Å². The predicted molar refractivity (Wildman–Crippen MR) is 78.4 cm³/mol. The summed E-state index contributed by atoms with van der Waals surface area (Å²) in [5, 5.41) is 0. The van der Waals surface area contributed by atoms with Gasteiger partial charge in [0.2, 0.25) is 5.91 Å². The minimum absolute atomic E-state index is 0.0499. The molecule has 0 heterocycles. The molecule has 1 aromatic carbocycles. The predicted octanol–water partition coefficient (Wildman–Crippen LogP) is 1.71. The van der Waals surface area contributed by atoms with Gasteiger partial charge in [-0.1, -0.05) is 24.8 Å². The Hall–Kier alpha value is -2.34. The van der Waals surface area contributed by atoms with Gasteiger partial charge in [-0.3, -0.25) is 9.52 Å². The molecule has 0 aliphatic rings. The van der Waals surface area contributed by atoms with Crippen LogP contribution in [0.4, 0.5) is 0 Å². The molecule has 20 heavy (non-hydrogen) atoms. The second-order valence-corrected chi connectivity index (χ2v) is 5.52. The maximum absolute atomic E-state index is 12.1. The van der Waals surface area contributed by atoms with Gasteiger partial charge in [0.1, 0.15) is 0 Å². The van der Waals surface area contributed by atoms with E-state index in [0.717, 1.165) is 0 Å². The third-order valence-electron chi connectivity index (χ3n) is 2.42. The molecule has 0 bridgehead atoms. The molecular formula is C14H16N2O3S. The number of rotatable bonds is 6. The van der Waals surface area contributed by atoms with Gasteiger partial charge in [-0.2, -0.15) is 0 Å². The summed E-state index contributed by atoms with van der Waals surface area (Å²) in [5.41, 5.74) is 5.77. The zero-order chi connectivity index (χ0) is 15.2. The van der Waals surface area contributed by atoms with E-state index >= 15 is 0 Å². The first kappa shape index (κ1) is 15.7. The van der Waals surface area contributed by atoms with E-state index in [2.05, 4.69) is 11.3 Å². The van der Waals surface area contributed by atoms with Crippen LogP contribution in [-0.4, -0.2) is 14.3 Å². The summed E-state index contributed by atoms with van der Waals surface area (Å²) in [5.74, 6) is -0.607. The lowest BCUT2D eigenvalue weighted by Gasteiger charge is -2.08. The van der Waals surface area contributed by atoms with Crippen molar-refractivity contribution in [2.75, 3.05) is 0 Å². The number of nitrogens with two attached hydrogens (primary N) is 1. The van der Waals surface area contributed by atoms with E-state index in [1.165, 1.54) is 24.3 Å². The van der Waals surface area contributed by atoms with E-state index in [-0.39, 0.29) is 10.5 Å². The highest BCUT2D eigenvalue weighted by atomic mass is 32.2. The highest BCUT2D eigenvalue weighted by molar-refractivity contribution is 7.89. The lowest BCUT2D eigenvalue weighted by Crippen LogP contribution is -2.22. The van der Waals surface area contributed by atoms with Crippen molar-refractivity contribution in [3.63, 3.8) is 0 Å². The fourth-order valence-corrected chi connectivity index (χ4v) is 2.48. The molecule has 0 aliphatic heterocycles. The number of nitrogens with one attached hydrogen (secondary N) is 1. The second-order valence-electron chi connectivity index (χ2n) is 3.83. The van der Waals surface area contributed by atoms with Crippen molar-refractivity contribution < 1.29 is 13.2 Å². The first-order chi connectivity index (χ1) is 9.40. The molecule has 106 valence electrons. The fourth-order valence-electron chi connectivity index (χ4n) is 1.37. The van der Waals surface area contributed by atoms with Crippen molar-refractivity contribution in [3.8, 4) is 0 Å². The molecule has 1 rings (SSSR count). The van der Waals surface area contributed by atoms with Crippen LogP contribution in [0.15, 0.2) is 65.7 Å². The van der Waals surface area contributed by atoms with Gasteiger partial charge in [0.25, 0.3) is 10.0 Å². The van der Waals surface area contributed by atoms with Crippen molar-refractivity contribution in [3.05, 3.63) is 66.4 Å². The lowest BCUT2D eigenvalue weighted by atomic mass is 10.2. The molecule has 0 aromatic heterocycles. The van der Waals surface area contributed by atoms with Crippen LogP contribution in [-0.2, 0) is 10.0 Å². The smallest absolute Gasteiger partial charge is 0.261 e. The number of hydrogen-bond acceptors (Lipinski definition) is 3. The normalized spacial score (nSPS) is 12.3. The van der Waals surface area contributed by atoms with E-state index in [9.17, 15) is 13.2 Å². The number of sulfonamides is 1. The van der Waals surface area contributed by atoms with Crippen LogP contribution in [0, 0.1) is 0 Å². The molecular weight excluding hydrogens is 276 g/mol. The second kappa shape index (κ2) is 6.72. The Bertz CT molecular complexity index is 656. The third kappa shape index (κ3) is 4.10. The number of carbonyl (C=O) groups excluding carboxylic acids is 1. The topological polar surface area (TPSA) is 89.3 Å². The fraction of sp³-hybridized carbons (Fsp3) is 0.0714. The van der Waals surface area contributed by atoms with E-state index in [1.807, 2.05) is 0 Å². The zero-order valence-electron chi connectivity index (χ0n) is 11.0. The first-order valence-electron chi connectivity index (χ1n) is 5.79. The van der Waals surface area contributed by atoms with Gasteiger partial charge in [-0.05, 0) is 37.3 Å². The minimum atomic E-state index is -3.70. The Morgan fingerprint density at radius 1 is 1.30 bits per heavy atom. The average molecular weight is 292 g/mol. The van der Waals surface area contributed by atoms with Crippen LogP contribution in [0.25, 0.3) is 0 Å². The number of carbonyl (C=O) groups is 1. The summed E-state index contributed by atoms with van der Waals surface area (Å²) in [6.07, 6.45) is 6.37. The molecule has 0 saturated carbocycles. The van der Waals surface area contributed by atoms with Gasteiger partial charge in [0, 0.05) is 11.3 Å². The maximum atomic E-state index is 12.1. The summed E-state index contributed by atoms with van der Waals surface area (Å²) in [6, 6.07) is 5.39. The standard InChI is InChI=1S/C14H16N2O3S/c1-3-5-6-12(4-2)16-20(18,19)13-9-7-11(8-10-13)14(15)17/h3-10,16H,1H2,2H3,(H2,15,17)/b6-5-,12-4+. The van der Waals surface area contributed by atoms with Crippen molar-refractivity contribution in [2.45, 2.75) is 11.8 Å². The largest absolute Gasteiger partial charge is 0.366 e. The van der Waals surface area contributed by atoms with Gasteiger partial charge < -0.3 is 5.73 Å². The molecule has 0 unspecified atom stereocenters. The Balaban J connectivity index is 3.01. The molecule has 0 spiro atoms. The molecule has 1 aromatic rings. The number of hydrogen-bond donors (Lipinski definition) is 2. The summed E-state index contributed by atoms with van der Waals surface area (Å²) in [7, 11) is -3.70. The van der Waals surface area contributed by atoms with Gasteiger partial charge >= 0.3 is 0 Å². The molecule has 5 nitrogen and oxygen atoms in total. The van der Waals surface area contributed by atoms with Gasteiger partial charge in [0.15, 0.2) is 0 Å². The van der Waals surface area contributed by atoms with Crippen molar-refractivity contribution in [1.82, 2.24) is 4.72 Å². The van der Waals surface area contributed by atoms with Crippen molar-refractivity contribution in [2.24, 2.45) is 5.73 Å². The third-order valence-corrected chi connectivity index (χ3v) is 3.82. The van der Waals surface area contributed by atoms with Crippen molar-refractivity contribution in [1.29, 1.82) is 0 Å². The van der Waals surface area contributed by atoms with Crippen LogP contribution in [0.3, 0.4) is 0 Å². The summed E-state index contributed by atoms with van der Waals surface area (Å²) < 4.78 is 26.7. The minimum Gasteiger partial charge on any atom is -0.366 e. The SMILES string of the molecule is C=C/C=C\C(=C/C)NS(=O)(=O)c1ccc(C(N)=O)cc1. The number of allylic oxidation sites excluding steroid dienone is 4. The highest BCUT2D eigenvalue weighted by Gasteiger charge is 2.14. The number of primary amides is 1. The Kier molecular flexibility index (Phi) is 5.28.